The number of nitrogens with zero attached hydrogens (tertiary/aromatic N) is 5. The number of aromatic nitrogens is 3. The lowest BCUT2D eigenvalue weighted by molar-refractivity contribution is -0.192. The van der Waals surface area contributed by atoms with Crippen LogP contribution in [-0.4, -0.2) is 62.9 Å². The van der Waals surface area contributed by atoms with Gasteiger partial charge in [0.1, 0.15) is 0 Å². The van der Waals surface area contributed by atoms with Crippen molar-refractivity contribution in [2.75, 3.05) is 24.5 Å². The van der Waals surface area contributed by atoms with E-state index in [-0.39, 0.29) is 11.3 Å². The van der Waals surface area contributed by atoms with Crippen LogP contribution in [0.3, 0.4) is 0 Å². The van der Waals surface area contributed by atoms with E-state index in [1.807, 2.05) is 30.9 Å². The molecular weight excluding hydrogens is 447 g/mol. The van der Waals surface area contributed by atoms with Gasteiger partial charge in [0.25, 0.3) is 0 Å². The van der Waals surface area contributed by atoms with Gasteiger partial charge in [-0.2, -0.15) is 18.3 Å². The van der Waals surface area contributed by atoms with E-state index in [0.29, 0.717) is 6.54 Å². The molecule has 1 unspecified atom stereocenters. The number of aliphatic carboxylic acids is 1. The van der Waals surface area contributed by atoms with Crippen molar-refractivity contribution < 1.29 is 27.9 Å². The average Bonchev–Trinajstić information content (AvgIpc) is 3.27. The van der Waals surface area contributed by atoms with E-state index in [4.69, 9.17) is 9.90 Å². The lowest BCUT2D eigenvalue weighted by Crippen LogP contribution is -2.48. The molecule has 2 aromatic heterocycles. The Balaban J connectivity index is 0.000000360. The van der Waals surface area contributed by atoms with Crippen molar-refractivity contribution in [2.24, 2.45) is 5.41 Å². The van der Waals surface area contributed by atoms with Crippen LogP contribution < -0.4 is 4.90 Å². The van der Waals surface area contributed by atoms with E-state index >= 15 is 0 Å². The molecule has 174 valence electrons. The molecular formula is C20H24F3N5O3S. The van der Waals surface area contributed by atoms with Gasteiger partial charge in [-0.25, -0.2) is 9.78 Å². The van der Waals surface area contributed by atoms with Gasteiger partial charge in [0.05, 0.1) is 28.4 Å². The van der Waals surface area contributed by atoms with Gasteiger partial charge in [0, 0.05) is 25.0 Å². The van der Waals surface area contributed by atoms with Gasteiger partial charge in [0.2, 0.25) is 5.91 Å². The number of aryl methyl sites for hydroxylation is 2. The van der Waals surface area contributed by atoms with Crippen molar-refractivity contribution in [1.29, 1.82) is 0 Å². The summed E-state index contributed by atoms with van der Waals surface area (Å²) in [6.07, 6.45) is -2.18. The second kappa shape index (κ2) is 9.39. The third-order valence-corrected chi connectivity index (χ3v) is 6.37. The largest absolute Gasteiger partial charge is 0.490 e. The molecule has 4 heterocycles. The van der Waals surface area contributed by atoms with E-state index < -0.39 is 12.1 Å². The standard InChI is InChI=1S/C18H23N5OS.C2HF3O2/c1-13-4-5-16(21-20-13)23-8-3-6-18(12-23)7-9-22(17(18)24)10-15-11-25-14(2)19-15;3-2(4,5)1(6)7/h4-5,11H,3,6-10,12H2,1-2H3;(H,6,7). The van der Waals surface area contributed by atoms with Gasteiger partial charge in [-0.05, 0) is 45.2 Å². The Labute approximate surface area is 187 Å². The van der Waals surface area contributed by atoms with Crippen LogP contribution in [0.4, 0.5) is 19.0 Å². The number of amides is 1. The number of rotatable bonds is 3. The Morgan fingerprint density at radius 2 is 1.94 bits per heavy atom. The Kier molecular flexibility index (Phi) is 7.01. The second-order valence-electron chi connectivity index (χ2n) is 7.98. The molecule has 2 fully saturated rings. The van der Waals surface area contributed by atoms with Crippen molar-refractivity contribution >= 4 is 29.0 Å². The third kappa shape index (κ3) is 5.53. The lowest BCUT2D eigenvalue weighted by Gasteiger charge is -2.39. The van der Waals surface area contributed by atoms with Crippen molar-refractivity contribution in [3.05, 3.63) is 33.9 Å². The summed E-state index contributed by atoms with van der Waals surface area (Å²) in [5, 5.41) is 18.7. The quantitative estimate of drug-likeness (QED) is 0.734. The molecule has 0 aliphatic carbocycles. The number of alkyl halides is 3. The summed E-state index contributed by atoms with van der Waals surface area (Å²) in [5.74, 6) is -1.60. The molecule has 12 heteroatoms. The summed E-state index contributed by atoms with van der Waals surface area (Å²) >= 11 is 1.64. The number of carboxylic acids is 1. The fourth-order valence-corrected chi connectivity index (χ4v) is 4.59. The van der Waals surface area contributed by atoms with E-state index in [9.17, 15) is 18.0 Å². The van der Waals surface area contributed by atoms with Crippen LogP contribution in [0.5, 0.6) is 0 Å². The summed E-state index contributed by atoms with van der Waals surface area (Å²) < 4.78 is 31.7. The number of hydrogen-bond acceptors (Lipinski definition) is 7. The molecule has 0 radical (unpaired) electrons. The Morgan fingerprint density at radius 1 is 1.22 bits per heavy atom. The topological polar surface area (TPSA) is 99.5 Å². The summed E-state index contributed by atoms with van der Waals surface area (Å²) in [6.45, 7) is 7.09. The van der Waals surface area contributed by atoms with E-state index in [1.54, 1.807) is 11.3 Å². The van der Waals surface area contributed by atoms with Gasteiger partial charge in [-0.15, -0.1) is 16.4 Å². The second-order valence-corrected chi connectivity index (χ2v) is 9.04. The number of carboxylic acid groups (broad SMARTS) is 1. The number of piperidine rings is 1. The van der Waals surface area contributed by atoms with Crippen LogP contribution in [0, 0.1) is 19.3 Å². The number of halogens is 3. The molecule has 0 bridgehead atoms. The fourth-order valence-electron chi connectivity index (χ4n) is 3.99. The molecule has 2 aliphatic rings. The summed E-state index contributed by atoms with van der Waals surface area (Å²) in [4.78, 5) is 30.8. The maximum Gasteiger partial charge on any atom is 0.490 e. The molecule has 1 spiro atoms. The van der Waals surface area contributed by atoms with Crippen molar-refractivity contribution in [3.8, 4) is 0 Å². The average molecular weight is 472 g/mol. The van der Waals surface area contributed by atoms with Crippen LogP contribution in [-0.2, 0) is 16.1 Å². The number of thiazole rings is 1. The Morgan fingerprint density at radius 3 is 2.50 bits per heavy atom. The van der Waals surface area contributed by atoms with Crippen molar-refractivity contribution in [1.82, 2.24) is 20.1 Å². The third-order valence-electron chi connectivity index (χ3n) is 5.55. The highest BCUT2D eigenvalue weighted by molar-refractivity contribution is 7.09. The first-order chi connectivity index (χ1) is 15.0. The van der Waals surface area contributed by atoms with Crippen molar-refractivity contribution in [3.63, 3.8) is 0 Å². The van der Waals surface area contributed by atoms with Gasteiger partial charge >= 0.3 is 12.1 Å². The molecule has 2 aromatic rings. The summed E-state index contributed by atoms with van der Waals surface area (Å²) in [7, 11) is 0. The van der Waals surface area contributed by atoms with E-state index in [2.05, 4.69) is 25.5 Å². The van der Waals surface area contributed by atoms with Gasteiger partial charge in [0.15, 0.2) is 5.82 Å². The highest BCUT2D eigenvalue weighted by Crippen LogP contribution is 2.41. The minimum atomic E-state index is -5.08. The first kappa shape index (κ1) is 23.9. The van der Waals surface area contributed by atoms with Gasteiger partial charge in [-0.3, -0.25) is 4.79 Å². The number of anilines is 1. The molecule has 1 amide bonds. The molecule has 0 aromatic carbocycles. The predicted molar refractivity (Wildman–Crippen MR) is 111 cm³/mol. The van der Waals surface area contributed by atoms with Crippen LogP contribution in [0.1, 0.15) is 35.7 Å². The van der Waals surface area contributed by atoms with Crippen LogP contribution in [0.2, 0.25) is 0 Å². The van der Waals surface area contributed by atoms with Crippen molar-refractivity contribution in [2.45, 2.75) is 45.8 Å². The highest BCUT2D eigenvalue weighted by atomic mass is 32.1. The Bertz CT molecular complexity index is 966. The minimum Gasteiger partial charge on any atom is -0.475 e. The first-order valence-electron chi connectivity index (χ1n) is 10.1. The molecule has 1 N–H and O–H groups in total. The Hall–Kier alpha value is -2.76. The van der Waals surface area contributed by atoms with Gasteiger partial charge < -0.3 is 14.9 Å². The summed E-state index contributed by atoms with van der Waals surface area (Å²) in [6, 6.07) is 3.99. The minimum absolute atomic E-state index is 0.268. The molecule has 0 saturated carbocycles. The van der Waals surface area contributed by atoms with Crippen LogP contribution in [0.15, 0.2) is 17.5 Å². The number of carbonyl (C=O) groups is 2. The van der Waals surface area contributed by atoms with E-state index in [0.717, 1.165) is 61.1 Å². The van der Waals surface area contributed by atoms with Crippen LogP contribution in [0.25, 0.3) is 0 Å². The monoisotopic (exact) mass is 471 g/mol. The molecule has 1 atom stereocenters. The normalized spacial score (nSPS) is 21.0. The SMILES string of the molecule is Cc1ccc(N2CCCC3(CCN(Cc4csc(C)n4)C3=O)C2)nn1.O=C(O)C(F)(F)F. The van der Waals surface area contributed by atoms with E-state index in [1.165, 1.54) is 0 Å². The molecule has 8 nitrogen and oxygen atoms in total. The molecule has 2 saturated heterocycles. The maximum atomic E-state index is 13.2. The maximum absolute atomic E-state index is 13.2. The highest BCUT2D eigenvalue weighted by Gasteiger charge is 2.49. The lowest BCUT2D eigenvalue weighted by atomic mass is 9.78. The number of carbonyl (C=O) groups excluding carboxylic acids is 1. The fraction of sp³-hybridized carbons (Fsp3) is 0.550. The van der Waals surface area contributed by atoms with Crippen LogP contribution >= 0.6 is 11.3 Å². The zero-order valence-electron chi connectivity index (χ0n) is 17.7. The zero-order valence-corrected chi connectivity index (χ0v) is 18.5. The number of hydrogen-bond donors (Lipinski definition) is 1. The molecule has 2 aliphatic heterocycles. The zero-order chi connectivity index (χ0) is 23.5. The predicted octanol–water partition coefficient (Wildman–Crippen LogP) is 3.20. The first-order valence-corrected chi connectivity index (χ1v) is 10.9. The number of likely N-dealkylation sites (tertiary alicyclic amines) is 1. The smallest absolute Gasteiger partial charge is 0.475 e. The van der Waals surface area contributed by atoms with Gasteiger partial charge in [-0.1, -0.05) is 0 Å². The molecule has 4 rings (SSSR count). The summed E-state index contributed by atoms with van der Waals surface area (Å²) in [5.41, 5.74) is 1.65. The molecule has 32 heavy (non-hydrogen) atoms.